The highest BCUT2D eigenvalue weighted by molar-refractivity contribution is 9.10. The maximum atomic E-state index is 5.94. The molecule has 4 heteroatoms. The van der Waals surface area contributed by atoms with E-state index in [1.54, 1.807) is 0 Å². The minimum atomic E-state index is -0.106. The Hall–Kier alpha value is -0.580. The standard InChI is InChI=1S/C14H21BrN2O/c1-10-6-12(7-11(2)13(10)15)17-14(8-16)4-3-5-18-9-14/h6-7,17H,3-5,8-9,16H2,1-2H3. The van der Waals surface area contributed by atoms with Gasteiger partial charge in [0.1, 0.15) is 0 Å². The predicted molar refractivity (Wildman–Crippen MR) is 79.1 cm³/mol. The highest BCUT2D eigenvalue weighted by Gasteiger charge is 2.31. The van der Waals surface area contributed by atoms with Crippen LogP contribution in [0.1, 0.15) is 24.0 Å². The van der Waals surface area contributed by atoms with E-state index in [4.69, 9.17) is 10.5 Å². The van der Waals surface area contributed by atoms with Crippen LogP contribution >= 0.6 is 15.9 Å². The molecule has 1 aliphatic rings. The van der Waals surface area contributed by atoms with Gasteiger partial charge in [-0.15, -0.1) is 0 Å². The maximum absolute atomic E-state index is 5.94. The molecule has 100 valence electrons. The molecule has 0 bridgehead atoms. The summed E-state index contributed by atoms with van der Waals surface area (Å²) in [6.45, 7) is 6.35. The molecule has 0 spiro atoms. The minimum Gasteiger partial charge on any atom is -0.379 e. The Kier molecular flexibility index (Phi) is 4.30. The Morgan fingerprint density at radius 1 is 1.39 bits per heavy atom. The summed E-state index contributed by atoms with van der Waals surface area (Å²) in [5.41, 5.74) is 9.44. The average Bonchev–Trinajstić information content (AvgIpc) is 2.37. The summed E-state index contributed by atoms with van der Waals surface area (Å²) >= 11 is 3.59. The number of nitrogens with two attached hydrogens (primary N) is 1. The molecule has 0 aromatic heterocycles. The highest BCUT2D eigenvalue weighted by Crippen LogP contribution is 2.29. The number of halogens is 1. The van der Waals surface area contributed by atoms with Gasteiger partial charge in [-0.2, -0.15) is 0 Å². The summed E-state index contributed by atoms with van der Waals surface area (Å²) in [6.07, 6.45) is 2.14. The third-order valence-electron chi connectivity index (χ3n) is 3.56. The normalized spacial score (nSPS) is 24.0. The van der Waals surface area contributed by atoms with E-state index in [0.29, 0.717) is 13.2 Å². The van der Waals surface area contributed by atoms with Gasteiger partial charge in [-0.3, -0.25) is 0 Å². The molecule has 1 aromatic carbocycles. The molecule has 1 saturated heterocycles. The molecule has 0 aliphatic carbocycles. The predicted octanol–water partition coefficient (Wildman–Crippen LogP) is 2.99. The highest BCUT2D eigenvalue weighted by atomic mass is 79.9. The maximum Gasteiger partial charge on any atom is 0.0729 e. The third-order valence-corrected chi connectivity index (χ3v) is 4.81. The average molecular weight is 313 g/mol. The minimum absolute atomic E-state index is 0.106. The molecule has 0 saturated carbocycles. The van der Waals surface area contributed by atoms with E-state index in [2.05, 4.69) is 47.2 Å². The van der Waals surface area contributed by atoms with Crippen molar-refractivity contribution in [2.24, 2.45) is 5.73 Å². The Labute approximate surface area is 117 Å². The van der Waals surface area contributed by atoms with E-state index in [9.17, 15) is 0 Å². The fraction of sp³-hybridized carbons (Fsp3) is 0.571. The van der Waals surface area contributed by atoms with Crippen molar-refractivity contribution in [2.75, 3.05) is 25.1 Å². The molecule has 1 aliphatic heterocycles. The molecule has 2 rings (SSSR count). The van der Waals surface area contributed by atoms with Crippen molar-refractivity contribution >= 4 is 21.6 Å². The van der Waals surface area contributed by atoms with E-state index in [0.717, 1.165) is 25.1 Å². The zero-order valence-electron chi connectivity index (χ0n) is 11.1. The monoisotopic (exact) mass is 312 g/mol. The van der Waals surface area contributed by atoms with Gasteiger partial charge in [0.25, 0.3) is 0 Å². The SMILES string of the molecule is Cc1cc(NC2(CN)CCCOC2)cc(C)c1Br. The molecule has 1 heterocycles. The van der Waals surface area contributed by atoms with Crippen LogP contribution in [0.15, 0.2) is 16.6 Å². The summed E-state index contributed by atoms with van der Waals surface area (Å²) in [5, 5.41) is 3.58. The van der Waals surface area contributed by atoms with Crippen molar-refractivity contribution in [1.82, 2.24) is 0 Å². The molecule has 1 fully saturated rings. The van der Waals surface area contributed by atoms with Gasteiger partial charge in [0, 0.05) is 23.3 Å². The summed E-state index contributed by atoms with van der Waals surface area (Å²) in [4.78, 5) is 0. The number of anilines is 1. The molecular weight excluding hydrogens is 292 g/mol. The van der Waals surface area contributed by atoms with Gasteiger partial charge in [-0.25, -0.2) is 0 Å². The van der Waals surface area contributed by atoms with Crippen molar-refractivity contribution < 1.29 is 4.74 Å². The van der Waals surface area contributed by atoms with Crippen molar-refractivity contribution in [3.63, 3.8) is 0 Å². The van der Waals surface area contributed by atoms with Gasteiger partial charge in [0.15, 0.2) is 0 Å². The molecule has 3 N–H and O–H groups in total. The first-order valence-corrected chi connectivity index (χ1v) is 7.18. The van der Waals surface area contributed by atoms with Gasteiger partial charge in [-0.1, -0.05) is 15.9 Å². The van der Waals surface area contributed by atoms with E-state index in [-0.39, 0.29) is 5.54 Å². The lowest BCUT2D eigenvalue weighted by Gasteiger charge is -2.38. The van der Waals surface area contributed by atoms with E-state index in [1.165, 1.54) is 15.6 Å². The largest absolute Gasteiger partial charge is 0.379 e. The van der Waals surface area contributed by atoms with Crippen molar-refractivity contribution in [3.8, 4) is 0 Å². The fourth-order valence-electron chi connectivity index (χ4n) is 2.49. The quantitative estimate of drug-likeness (QED) is 0.902. The topological polar surface area (TPSA) is 47.3 Å². The number of hydrogen-bond acceptors (Lipinski definition) is 3. The Morgan fingerprint density at radius 3 is 2.56 bits per heavy atom. The van der Waals surface area contributed by atoms with Crippen LogP contribution in [0, 0.1) is 13.8 Å². The van der Waals surface area contributed by atoms with Crippen LogP contribution in [0.25, 0.3) is 0 Å². The molecule has 18 heavy (non-hydrogen) atoms. The lowest BCUT2D eigenvalue weighted by Crippen LogP contribution is -2.51. The number of ether oxygens (including phenoxy) is 1. The van der Waals surface area contributed by atoms with Gasteiger partial charge in [-0.05, 0) is 49.9 Å². The Balaban J connectivity index is 2.21. The van der Waals surface area contributed by atoms with Crippen LogP contribution in [-0.4, -0.2) is 25.3 Å². The first kappa shape index (κ1) is 13.8. The smallest absolute Gasteiger partial charge is 0.0729 e. The van der Waals surface area contributed by atoms with Crippen molar-refractivity contribution in [1.29, 1.82) is 0 Å². The first-order valence-electron chi connectivity index (χ1n) is 6.39. The van der Waals surface area contributed by atoms with E-state index in [1.807, 2.05) is 0 Å². The van der Waals surface area contributed by atoms with Crippen LogP contribution in [0.2, 0.25) is 0 Å². The molecule has 1 unspecified atom stereocenters. The summed E-state index contributed by atoms with van der Waals surface area (Å²) < 4.78 is 6.76. The first-order chi connectivity index (χ1) is 8.56. The summed E-state index contributed by atoms with van der Waals surface area (Å²) in [7, 11) is 0. The number of benzene rings is 1. The molecule has 1 aromatic rings. The lowest BCUT2D eigenvalue weighted by molar-refractivity contribution is 0.0502. The van der Waals surface area contributed by atoms with Gasteiger partial charge >= 0.3 is 0 Å². The zero-order chi connectivity index (χ0) is 13.2. The Bertz CT molecular complexity index is 405. The molecule has 0 amide bonds. The molecular formula is C14H21BrN2O. The van der Waals surface area contributed by atoms with Crippen molar-refractivity contribution in [2.45, 2.75) is 32.2 Å². The fourth-order valence-corrected chi connectivity index (χ4v) is 2.72. The number of hydrogen-bond donors (Lipinski definition) is 2. The summed E-state index contributed by atoms with van der Waals surface area (Å²) in [5.74, 6) is 0. The second-order valence-corrected chi connectivity index (χ2v) is 5.98. The van der Waals surface area contributed by atoms with Crippen LogP contribution < -0.4 is 11.1 Å². The van der Waals surface area contributed by atoms with E-state index >= 15 is 0 Å². The van der Waals surface area contributed by atoms with Crippen LogP contribution in [-0.2, 0) is 4.74 Å². The number of rotatable bonds is 3. The summed E-state index contributed by atoms with van der Waals surface area (Å²) in [6, 6.07) is 4.31. The zero-order valence-corrected chi connectivity index (χ0v) is 12.6. The molecule has 0 radical (unpaired) electrons. The van der Waals surface area contributed by atoms with Crippen LogP contribution in [0.5, 0.6) is 0 Å². The van der Waals surface area contributed by atoms with Crippen molar-refractivity contribution in [3.05, 3.63) is 27.7 Å². The molecule has 1 atom stereocenters. The van der Waals surface area contributed by atoms with Gasteiger partial charge in [0.2, 0.25) is 0 Å². The van der Waals surface area contributed by atoms with Crippen LogP contribution in [0.3, 0.4) is 0 Å². The number of aryl methyl sites for hydroxylation is 2. The van der Waals surface area contributed by atoms with E-state index < -0.39 is 0 Å². The Morgan fingerprint density at radius 2 is 2.06 bits per heavy atom. The van der Waals surface area contributed by atoms with Gasteiger partial charge in [0.05, 0.1) is 12.1 Å². The van der Waals surface area contributed by atoms with Crippen LogP contribution in [0.4, 0.5) is 5.69 Å². The third kappa shape index (κ3) is 2.87. The number of nitrogens with one attached hydrogen (secondary N) is 1. The van der Waals surface area contributed by atoms with Gasteiger partial charge < -0.3 is 15.8 Å². The lowest BCUT2D eigenvalue weighted by atomic mass is 9.92. The second kappa shape index (κ2) is 5.59. The second-order valence-electron chi connectivity index (χ2n) is 5.19. The molecule has 3 nitrogen and oxygen atoms in total.